The molecule has 0 atom stereocenters. The van der Waals surface area contributed by atoms with Gasteiger partial charge in [0.15, 0.2) is 5.78 Å². The second-order valence-corrected chi connectivity index (χ2v) is 4.88. The van der Waals surface area contributed by atoms with Crippen molar-refractivity contribution in [3.05, 3.63) is 64.1 Å². The van der Waals surface area contributed by atoms with Crippen LogP contribution in [0.2, 0.25) is 10.0 Å². The normalized spacial score (nSPS) is 10.2. The zero-order valence-electron chi connectivity index (χ0n) is 10.1. The monoisotopic (exact) mass is 294 g/mol. The van der Waals surface area contributed by atoms with Gasteiger partial charge in [-0.1, -0.05) is 47.5 Å². The number of ether oxygens (including phenoxy) is 1. The number of hydrogen-bond donors (Lipinski definition) is 0. The lowest BCUT2D eigenvalue weighted by Gasteiger charge is -2.06. The predicted octanol–water partition coefficient (Wildman–Crippen LogP) is 4.18. The van der Waals surface area contributed by atoms with Crippen LogP contribution in [0.15, 0.2) is 48.5 Å². The Bertz CT molecular complexity index is 568. The number of hydrogen-bond acceptors (Lipinski definition) is 2. The Morgan fingerprint density at radius 1 is 1.00 bits per heavy atom. The second kappa shape index (κ2) is 6.60. The summed E-state index contributed by atoms with van der Waals surface area (Å²) in [5.74, 6) is 0.673. The molecule has 0 heterocycles. The van der Waals surface area contributed by atoms with Gasteiger partial charge in [0.1, 0.15) is 12.4 Å². The Balaban J connectivity index is 1.89. The summed E-state index contributed by atoms with van der Waals surface area (Å²) < 4.78 is 5.39. The average molecular weight is 295 g/mol. The summed E-state index contributed by atoms with van der Waals surface area (Å²) in [5, 5.41) is 0.939. The molecule has 0 saturated heterocycles. The van der Waals surface area contributed by atoms with E-state index in [0.29, 0.717) is 15.8 Å². The molecule has 4 heteroatoms. The third kappa shape index (κ3) is 4.27. The van der Waals surface area contributed by atoms with Crippen LogP contribution in [0, 0.1) is 0 Å². The number of Topliss-reactive ketones (excluding diaryl/α,β-unsaturated/α-hetero) is 1. The van der Waals surface area contributed by atoms with E-state index < -0.39 is 0 Å². The van der Waals surface area contributed by atoms with Gasteiger partial charge < -0.3 is 4.74 Å². The highest BCUT2D eigenvalue weighted by molar-refractivity contribution is 6.42. The molecule has 0 aliphatic rings. The van der Waals surface area contributed by atoms with Crippen LogP contribution in [-0.4, -0.2) is 12.4 Å². The fourth-order valence-electron chi connectivity index (χ4n) is 1.61. The molecule has 0 spiro atoms. The van der Waals surface area contributed by atoms with E-state index in [-0.39, 0.29) is 18.8 Å². The highest BCUT2D eigenvalue weighted by Crippen LogP contribution is 2.22. The van der Waals surface area contributed by atoms with Crippen LogP contribution in [0.3, 0.4) is 0 Å². The first-order valence-corrected chi connectivity index (χ1v) is 6.54. The average Bonchev–Trinajstić information content (AvgIpc) is 2.42. The lowest BCUT2D eigenvalue weighted by Crippen LogP contribution is -2.13. The third-order valence-electron chi connectivity index (χ3n) is 2.53. The number of halogens is 2. The van der Waals surface area contributed by atoms with Crippen LogP contribution in [-0.2, 0) is 11.2 Å². The maximum atomic E-state index is 11.8. The van der Waals surface area contributed by atoms with Crippen LogP contribution in [0.1, 0.15) is 5.56 Å². The molecule has 2 aromatic rings. The highest BCUT2D eigenvalue weighted by atomic mass is 35.5. The van der Waals surface area contributed by atoms with E-state index in [4.69, 9.17) is 27.9 Å². The van der Waals surface area contributed by atoms with Crippen molar-refractivity contribution >= 4 is 29.0 Å². The first kappa shape index (κ1) is 13.9. The van der Waals surface area contributed by atoms with Crippen molar-refractivity contribution in [1.82, 2.24) is 0 Å². The maximum Gasteiger partial charge on any atom is 0.174 e. The quantitative estimate of drug-likeness (QED) is 0.827. The predicted molar refractivity (Wildman–Crippen MR) is 77.1 cm³/mol. The third-order valence-corrected chi connectivity index (χ3v) is 3.27. The van der Waals surface area contributed by atoms with Gasteiger partial charge in [0.2, 0.25) is 0 Å². The molecule has 19 heavy (non-hydrogen) atoms. The molecule has 0 aliphatic heterocycles. The van der Waals surface area contributed by atoms with Crippen LogP contribution in [0.4, 0.5) is 0 Å². The molecule has 2 aromatic carbocycles. The number of carbonyl (C=O) groups is 1. The summed E-state index contributed by atoms with van der Waals surface area (Å²) in [6.07, 6.45) is 0.281. The van der Waals surface area contributed by atoms with E-state index in [1.54, 1.807) is 18.2 Å². The van der Waals surface area contributed by atoms with Crippen molar-refractivity contribution < 1.29 is 9.53 Å². The number of ketones is 1. The fraction of sp³-hybridized carbons (Fsp3) is 0.133. The SMILES string of the molecule is O=C(COc1ccccc1)Cc1ccc(Cl)c(Cl)c1. The Hall–Kier alpha value is -1.51. The van der Waals surface area contributed by atoms with Gasteiger partial charge in [-0.2, -0.15) is 0 Å². The summed E-state index contributed by atoms with van der Waals surface area (Å²) in [6.45, 7) is 0.0459. The van der Waals surface area contributed by atoms with Crippen molar-refractivity contribution in [1.29, 1.82) is 0 Å². The first-order valence-electron chi connectivity index (χ1n) is 5.78. The summed E-state index contributed by atoms with van der Waals surface area (Å²) >= 11 is 11.7. The first-order chi connectivity index (χ1) is 9.15. The maximum absolute atomic E-state index is 11.8. The minimum Gasteiger partial charge on any atom is -0.486 e. The minimum absolute atomic E-state index is 0.0118. The zero-order valence-corrected chi connectivity index (χ0v) is 11.6. The molecule has 0 saturated carbocycles. The van der Waals surface area contributed by atoms with Crippen molar-refractivity contribution in [3.8, 4) is 5.75 Å². The van der Waals surface area contributed by atoms with Crippen LogP contribution in [0.5, 0.6) is 5.75 Å². The van der Waals surface area contributed by atoms with E-state index in [1.165, 1.54) is 0 Å². The molecule has 0 unspecified atom stereocenters. The topological polar surface area (TPSA) is 26.3 Å². The zero-order chi connectivity index (χ0) is 13.7. The molecule has 2 rings (SSSR count). The largest absolute Gasteiger partial charge is 0.486 e. The molecule has 0 fully saturated rings. The van der Waals surface area contributed by atoms with Gasteiger partial charge in [-0.15, -0.1) is 0 Å². The summed E-state index contributed by atoms with van der Waals surface area (Å²) in [5.41, 5.74) is 0.830. The number of para-hydroxylation sites is 1. The van der Waals surface area contributed by atoms with Crippen LogP contribution in [0.25, 0.3) is 0 Å². The lowest BCUT2D eigenvalue weighted by molar-refractivity contribution is -0.120. The van der Waals surface area contributed by atoms with Gasteiger partial charge in [-0.3, -0.25) is 4.79 Å². The van der Waals surface area contributed by atoms with Crippen molar-refractivity contribution in [2.45, 2.75) is 6.42 Å². The van der Waals surface area contributed by atoms with Gasteiger partial charge in [0.25, 0.3) is 0 Å². The van der Waals surface area contributed by atoms with E-state index in [0.717, 1.165) is 5.56 Å². The molecule has 0 amide bonds. The lowest BCUT2D eigenvalue weighted by atomic mass is 10.1. The standard InChI is InChI=1S/C15H12Cl2O2/c16-14-7-6-11(9-15(14)17)8-12(18)10-19-13-4-2-1-3-5-13/h1-7,9H,8,10H2. The van der Waals surface area contributed by atoms with E-state index in [1.807, 2.05) is 30.3 Å². The van der Waals surface area contributed by atoms with Gasteiger partial charge >= 0.3 is 0 Å². The Morgan fingerprint density at radius 2 is 1.74 bits per heavy atom. The number of carbonyl (C=O) groups excluding carboxylic acids is 1. The van der Waals surface area contributed by atoms with E-state index in [9.17, 15) is 4.79 Å². The van der Waals surface area contributed by atoms with Crippen molar-refractivity contribution in [2.24, 2.45) is 0 Å². The molecule has 98 valence electrons. The van der Waals surface area contributed by atoms with E-state index in [2.05, 4.69) is 0 Å². The molecule has 0 N–H and O–H groups in total. The summed E-state index contributed by atoms with van der Waals surface area (Å²) in [7, 11) is 0. The minimum atomic E-state index is -0.0118. The van der Waals surface area contributed by atoms with Crippen molar-refractivity contribution in [3.63, 3.8) is 0 Å². The summed E-state index contributed by atoms with van der Waals surface area (Å²) in [6, 6.07) is 14.4. The fourth-order valence-corrected chi connectivity index (χ4v) is 1.93. The molecule has 0 aromatic heterocycles. The Labute approximate surface area is 121 Å². The molecule has 0 bridgehead atoms. The van der Waals surface area contributed by atoms with Gasteiger partial charge in [-0.05, 0) is 29.8 Å². The van der Waals surface area contributed by atoms with Gasteiger partial charge in [-0.25, -0.2) is 0 Å². The van der Waals surface area contributed by atoms with Gasteiger partial charge in [0.05, 0.1) is 10.0 Å². The molecular formula is C15H12Cl2O2. The molecule has 0 radical (unpaired) electrons. The number of benzene rings is 2. The highest BCUT2D eigenvalue weighted by Gasteiger charge is 2.07. The Kier molecular flexibility index (Phi) is 4.83. The second-order valence-electron chi connectivity index (χ2n) is 4.07. The molecule has 0 aliphatic carbocycles. The molecule has 2 nitrogen and oxygen atoms in total. The van der Waals surface area contributed by atoms with Crippen LogP contribution >= 0.6 is 23.2 Å². The number of rotatable bonds is 5. The van der Waals surface area contributed by atoms with E-state index >= 15 is 0 Å². The van der Waals surface area contributed by atoms with Crippen LogP contribution < -0.4 is 4.74 Å². The smallest absolute Gasteiger partial charge is 0.174 e. The Morgan fingerprint density at radius 3 is 2.42 bits per heavy atom. The summed E-state index contributed by atoms with van der Waals surface area (Å²) in [4.78, 5) is 11.8. The molecular weight excluding hydrogens is 283 g/mol. The van der Waals surface area contributed by atoms with Crippen molar-refractivity contribution in [2.75, 3.05) is 6.61 Å². The van der Waals surface area contributed by atoms with Gasteiger partial charge in [0, 0.05) is 6.42 Å².